The molecule has 0 aliphatic carbocycles. The Hall–Kier alpha value is -0.160. The monoisotopic (exact) mass is 283 g/mol. The minimum Gasteiger partial charge on any atom is -0.368 e. The van der Waals surface area contributed by atoms with Crippen LogP contribution in [0.2, 0.25) is 0 Å². The van der Waals surface area contributed by atoms with Crippen LogP contribution in [-0.4, -0.2) is 66.8 Å². The van der Waals surface area contributed by atoms with Crippen molar-refractivity contribution in [2.45, 2.75) is 57.8 Å². The van der Waals surface area contributed by atoms with Crippen molar-refractivity contribution in [3.8, 4) is 0 Å². The molecular formula is C16H33N3O. The molecule has 2 N–H and O–H groups in total. The van der Waals surface area contributed by atoms with E-state index < -0.39 is 0 Å². The van der Waals surface area contributed by atoms with Crippen molar-refractivity contribution >= 4 is 0 Å². The van der Waals surface area contributed by atoms with Crippen LogP contribution in [-0.2, 0) is 4.74 Å². The summed E-state index contributed by atoms with van der Waals surface area (Å²) in [4.78, 5) is 4.99. The maximum Gasteiger partial charge on any atom is 0.0788 e. The predicted octanol–water partition coefficient (Wildman–Crippen LogP) is 1.54. The van der Waals surface area contributed by atoms with Crippen molar-refractivity contribution in [2.24, 2.45) is 11.7 Å². The molecule has 0 saturated carbocycles. The van der Waals surface area contributed by atoms with Crippen molar-refractivity contribution < 1.29 is 4.74 Å². The molecule has 2 unspecified atom stereocenters. The normalized spacial score (nSPS) is 33.1. The van der Waals surface area contributed by atoms with Crippen LogP contribution in [0.4, 0.5) is 0 Å². The van der Waals surface area contributed by atoms with Gasteiger partial charge in [0.1, 0.15) is 0 Å². The Kier molecular flexibility index (Phi) is 4.80. The van der Waals surface area contributed by atoms with Gasteiger partial charge in [-0.15, -0.1) is 0 Å². The summed E-state index contributed by atoms with van der Waals surface area (Å²) in [7, 11) is 2.21. The first-order chi connectivity index (χ1) is 9.22. The maximum absolute atomic E-state index is 6.44. The Morgan fingerprint density at radius 2 is 1.75 bits per heavy atom. The zero-order chi connectivity index (χ0) is 15.0. The van der Waals surface area contributed by atoms with Crippen molar-refractivity contribution in [1.82, 2.24) is 9.80 Å². The highest BCUT2D eigenvalue weighted by Crippen LogP contribution is 2.41. The number of likely N-dealkylation sites (tertiary alicyclic amines) is 1. The standard InChI is InChI=1S/C16H33N3O/c1-15(2)13(14(17)16(3,4)20-15)12-18(5)10-11-19-8-6-7-9-19/h13-14H,6-12,17H2,1-5H3. The van der Waals surface area contributed by atoms with E-state index in [1.165, 1.54) is 32.5 Å². The first kappa shape index (κ1) is 16.2. The number of rotatable bonds is 5. The minimum absolute atomic E-state index is 0.103. The molecule has 0 bridgehead atoms. The number of hydrogen-bond acceptors (Lipinski definition) is 4. The Balaban J connectivity index is 1.84. The SMILES string of the molecule is CN(CCN1CCCC1)CC1C(N)C(C)(C)OC1(C)C. The molecular weight excluding hydrogens is 250 g/mol. The molecule has 118 valence electrons. The summed E-state index contributed by atoms with van der Waals surface area (Å²) in [5.41, 5.74) is 6.08. The van der Waals surface area contributed by atoms with Gasteiger partial charge < -0.3 is 20.3 Å². The highest BCUT2D eigenvalue weighted by atomic mass is 16.5. The Morgan fingerprint density at radius 1 is 1.15 bits per heavy atom. The number of hydrogen-bond donors (Lipinski definition) is 1. The van der Waals surface area contributed by atoms with E-state index in [-0.39, 0.29) is 17.2 Å². The summed E-state index contributed by atoms with van der Waals surface area (Å²) in [5, 5.41) is 0. The molecule has 0 radical (unpaired) electrons. The number of likely N-dealkylation sites (N-methyl/N-ethyl adjacent to an activating group) is 1. The lowest BCUT2D eigenvalue weighted by Crippen LogP contribution is -2.48. The maximum atomic E-state index is 6.44. The highest BCUT2D eigenvalue weighted by molar-refractivity contribution is 5.04. The van der Waals surface area contributed by atoms with E-state index in [1.54, 1.807) is 0 Å². The van der Waals surface area contributed by atoms with Gasteiger partial charge in [-0.3, -0.25) is 0 Å². The van der Waals surface area contributed by atoms with Crippen LogP contribution in [0.3, 0.4) is 0 Å². The third-order valence-electron chi connectivity index (χ3n) is 5.16. The second kappa shape index (κ2) is 5.91. The first-order valence-electron chi connectivity index (χ1n) is 8.09. The average Bonchev–Trinajstić information content (AvgIpc) is 2.88. The Labute approximate surface area is 124 Å². The fourth-order valence-corrected chi connectivity index (χ4v) is 3.82. The fraction of sp³-hybridized carbons (Fsp3) is 1.00. The van der Waals surface area contributed by atoms with Gasteiger partial charge in [-0.25, -0.2) is 0 Å². The zero-order valence-electron chi connectivity index (χ0n) is 14.0. The minimum atomic E-state index is -0.218. The molecule has 2 atom stereocenters. The van der Waals surface area contributed by atoms with Gasteiger partial charge in [0.05, 0.1) is 11.2 Å². The van der Waals surface area contributed by atoms with E-state index >= 15 is 0 Å². The van der Waals surface area contributed by atoms with Crippen LogP contribution in [0.15, 0.2) is 0 Å². The number of ether oxygens (including phenoxy) is 1. The van der Waals surface area contributed by atoms with E-state index in [2.05, 4.69) is 44.5 Å². The third-order valence-corrected chi connectivity index (χ3v) is 5.16. The summed E-state index contributed by atoms with van der Waals surface area (Å²) >= 11 is 0. The largest absolute Gasteiger partial charge is 0.368 e. The molecule has 2 saturated heterocycles. The average molecular weight is 283 g/mol. The van der Waals surface area contributed by atoms with Gasteiger partial charge in [0.15, 0.2) is 0 Å². The molecule has 20 heavy (non-hydrogen) atoms. The van der Waals surface area contributed by atoms with Crippen molar-refractivity contribution in [1.29, 1.82) is 0 Å². The Morgan fingerprint density at radius 3 is 2.25 bits per heavy atom. The molecule has 4 nitrogen and oxygen atoms in total. The topological polar surface area (TPSA) is 41.7 Å². The predicted molar refractivity (Wildman–Crippen MR) is 83.9 cm³/mol. The van der Waals surface area contributed by atoms with Gasteiger partial charge in [0.25, 0.3) is 0 Å². The van der Waals surface area contributed by atoms with Gasteiger partial charge >= 0.3 is 0 Å². The molecule has 2 heterocycles. The van der Waals surface area contributed by atoms with Crippen LogP contribution in [0.1, 0.15) is 40.5 Å². The van der Waals surface area contributed by atoms with Crippen LogP contribution in [0.25, 0.3) is 0 Å². The van der Waals surface area contributed by atoms with E-state index in [0.29, 0.717) is 5.92 Å². The lowest BCUT2D eigenvalue weighted by Gasteiger charge is -2.32. The van der Waals surface area contributed by atoms with E-state index in [1.807, 2.05) is 0 Å². The smallest absolute Gasteiger partial charge is 0.0788 e. The molecule has 4 heteroatoms. The van der Waals surface area contributed by atoms with Gasteiger partial charge in [-0.2, -0.15) is 0 Å². The van der Waals surface area contributed by atoms with E-state index in [0.717, 1.165) is 13.1 Å². The molecule has 0 aromatic carbocycles. The fourth-order valence-electron chi connectivity index (χ4n) is 3.82. The Bertz CT molecular complexity index is 324. The summed E-state index contributed by atoms with van der Waals surface area (Å²) in [6.45, 7) is 14.5. The van der Waals surface area contributed by atoms with Gasteiger partial charge in [0.2, 0.25) is 0 Å². The van der Waals surface area contributed by atoms with Crippen molar-refractivity contribution in [2.75, 3.05) is 39.8 Å². The molecule has 0 aromatic rings. The second-order valence-electron chi connectivity index (χ2n) is 7.75. The third kappa shape index (κ3) is 3.53. The number of nitrogens with zero attached hydrogens (tertiary/aromatic N) is 2. The molecule has 2 rings (SSSR count). The van der Waals surface area contributed by atoms with E-state index in [9.17, 15) is 0 Å². The molecule has 0 aromatic heterocycles. The second-order valence-corrected chi connectivity index (χ2v) is 7.75. The lowest BCUT2D eigenvalue weighted by molar-refractivity contribution is -0.0781. The van der Waals surface area contributed by atoms with Crippen LogP contribution in [0, 0.1) is 5.92 Å². The van der Waals surface area contributed by atoms with Gasteiger partial charge in [0, 0.05) is 31.6 Å². The quantitative estimate of drug-likeness (QED) is 0.831. The van der Waals surface area contributed by atoms with Gasteiger partial charge in [-0.1, -0.05) is 0 Å². The van der Waals surface area contributed by atoms with Crippen LogP contribution in [0.5, 0.6) is 0 Å². The van der Waals surface area contributed by atoms with Crippen molar-refractivity contribution in [3.63, 3.8) is 0 Å². The van der Waals surface area contributed by atoms with Crippen LogP contribution < -0.4 is 5.73 Å². The number of nitrogens with two attached hydrogens (primary N) is 1. The highest BCUT2D eigenvalue weighted by Gasteiger charge is 2.52. The molecule has 2 aliphatic heterocycles. The first-order valence-corrected chi connectivity index (χ1v) is 8.09. The van der Waals surface area contributed by atoms with Gasteiger partial charge in [-0.05, 0) is 60.7 Å². The lowest BCUT2D eigenvalue weighted by atomic mass is 9.83. The molecule has 0 amide bonds. The van der Waals surface area contributed by atoms with E-state index in [4.69, 9.17) is 10.5 Å². The summed E-state index contributed by atoms with van der Waals surface area (Å²) in [6, 6.07) is 0.103. The summed E-state index contributed by atoms with van der Waals surface area (Å²) in [6.07, 6.45) is 2.73. The molecule has 0 spiro atoms. The molecule has 2 aliphatic rings. The summed E-state index contributed by atoms with van der Waals surface area (Å²) < 4.78 is 6.18. The van der Waals surface area contributed by atoms with Crippen LogP contribution >= 0.6 is 0 Å². The van der Waals surface area contributed by atoms with Crippen molar-refractivity contribution in [3.05, 3.63) is 0 Å². The zero-order valence-corrected chi connectivity index (χ0v) is 14.0. The summed E-state index contributed by atoms with van der Waals surface area (Å²) in [5.74, 6) is 0.390. The molecule has 2 fully saturated rings.